The van der Waals surface area contributed by atoms with Crippen LogP contribution in [0.3, 0.4) is 0 Å². The molecule has 11 nitrogen and oxygen atoms in total. The van der Waals surface area contributed by atoms with Gasteiger partial charge in [-0.1, -0.05) is 38.1 Å². The van der Waals surface area contributed by atoms with Crippen molar-refractivity contribution in [1.82, 2.24) is 35.2 Å². The first-order valence-electron chi connectivity index (χ1n) is 17.9. The minimum Gasteiger partial charge on any atom is -0.496 e. The van der Waals surface area contributed by atoms with E-state index < -0.39 is 0 Å². The van der Waals surface area contributed by atoms with E-state index in [1.807, 2.05) is 23.0 Å². The highest BCUT2D eigenvalue weighted by atomic mass is 16.5. The molecule has 2 aliphatic rings. The van der Waals surface area contributed by atoms with Gasteiger partial charge in [-0.3, -0.25) is 4.90 Å². The SMILES string of the molecule is CCc1nc2c(cnn2CC)c(NC2CCOCC2)c1CNC(=O)NCc1ccc(OC)c(-c2cccc(CN3CCN(CC)CC3)c2)c1. The Morgan fingerprint density at radius 2 is 1.71 bits per heavy atom. The maximum absolute atomic E-state index is 13.2. The molecule has 0 spiro atoms. The first-order chi connectivity index (χ1) is 24.0. The van der Waals surface area contributed by atoms with Crippen molar-refractivity contribution in [3.63, 3.8) is 0 Å². The van der Waals surface area contributed by atoms with Crippen LogP contribution in [0.2, 0.25) is 0 Å². The molecule has 6 rings (SSSR count). The highest BCUT2D eigenvalue weighted by Gasteiger charge is 2.22. The van der Waals surface area contributed by atoms with E-state index in [0.717, 1.165) is 129 Å². The van der Waals surface area contributed by atoms with Crippen LogP contribution in [0.4, 0.5) is 10.5 Å². The number of fused-ring (bicyclic) bond motifs is 1. The molecule has 0 aliphatic carbocycles. The van der Waals surface area contributed by atoms with Gasteiger partial charge in [0.2, 0.25) is 0 Å². The molecule has 2 aromatic carbocycles. The van der Waals surface area contributed by atoms with Gasteiger partial charge in [-0.25, -0.2) is 14.5 Å². The third-order valence-corrected chi connectivity index (χ3v) is 9.88. The molecule has 4 heterocycles. The highest BCUT2D eigenvalue weighted by Crippen LogP contribution is 2.33. The Balaban J connectivity index is 1.13. The number of pyridine rings is 1. The summed E-state index contributed by atoms with van der Waals surface area (Å²) in [6.45, 7) is 15.9. The van der Waals surface area contributed by atoms with Gasteiger partial charge >= 0.3 is 6.03 Å². The molecular weight excluding hydrogens is 616 g/mol. The normalized spacial score (nSPS) is 16.2. The van der Waals surface area contributed by atoms with Gasteiger partial charge in [0.25, 0.3) is 0 Å². The van der Waals surface area contributed by atoms with E-state index in [-0.39, 0.29) is 6.03 Å². The lowest BCUT2D eigenvalue weighted by molar-refractivity contribution is 0.0904. The predicted molar refractivity (Wildman–Crippen MR) is 195 cm³/mol. The first-order valence-corrected chi connectivity index (χ1v) is 17.9. The first kappa shape index (κ1) is 34.7. The Morgan fingerprint density at radius 1 is 0.939 bits per heavy atom. The van der Waals surface area contributed by atoms with E-state index in [1.54, 1.807) is 7.11 Å². The second kappa shape index (κ2) is 16.5. The predicted octanol–water partition coefficient (Wildman–Crippen LogP) is 5.42. The summed E-state index contributed by atoms with van der Waals surface area (Å²) in [7, 11) is 1.70. The lowest BCUT2D eigenvalue weighted by atomic mass is 9.99. The van der Waals surface area contributed by atoms with E-state index in [2.05, 4.69) is 82.0 Å². The van der Waals surface area contributed by atoms with Crippen molar-refractivity contribution in [2.45, 2.75) is 72.3 Å². The molecule has 2 fully saturated rings. The van der Waals surface area contributed by atoms with Crippen LogP contribution in [-0.2, 0) is 37.3 Å². The van der Waals surface area contributed by atoms with Gasteiger partial charge in [0, 0.05) is 88.4 Å². The van der Waals surface area contributed by atoms with Gasteiger partial charge in [-0.05, 0) is 67.6 Å². The van der Waals surface area contributed by atoms with E-state index in [1.165, 1.54) is 5.56 Å². The van der Waals surface area contributed by atoms with Crippen LogP contribution in [-0.4, -0.2) is 89.7 Å². The zero-order chi connectivity index (χ0) is 34.2. The number of benzene rings is 2. The zero-order valence-corrected chi connectivity index (χ0v) is 29.6. The number of hydrogen-bond acceptors (Lipinski definition) is 8. The van der Waals surface area contributed by atoms with Crippen molar-refractivity contribution in [3.8, 4) is 16.9 Å². The largest absolute Gasteiger partial charge is 0.496 e. The molecule has 0 bridgehead atoms. The monoisotopic (exact) mass is 668 g/mol. The van der Waals surface area contributed by atoms with E-state index in [4.69, 9.17) is 14.5 Å². The average molecular weight is 669 g/mol. The van der Waals surface area contributed by atoms with Crippen LogP contribution in [0.25, 0.3) is 22.2 Å². The summed E-state index contributed by atoms with van der Waals surface area (Å²) in [5.74, 6) is 0.813. The summed E-state index contributed by atoms with van der Waals surface area (Å²) >= 11 is 0. The second-order valence-corrected chi connectivity index (χ2v) is 13.0. The van der Waals surface area contributed by atoms with Crippen molar-refractivity contribution >= 4 is 22.8 Å². The number of aromatic nitrogens is 3. The number of carbonyl (C=O) groups is 1. The maximum Gasteiger partial charge on any atom is 0.315 e. The Hall–Kier alpha value is -4.19. The van der Waals surface area contributed by atoms with Crippen molar-refractivity contribution < 1.29 is 14.3 Å². The van der Waals surface area contributed by atoms with Crippen molar-refractivity contribution in [2.75, 3.05) is 58.4 Å². The lowest BCUT2D eigenvalue weighted by Crippen LogP contribution is -2.45. The third kappa shape index (κ3) is 8.34. The van der Waals surface area contributed by atoms with Crippen LogP contribution in [0.5, 0.6) is 5.75 Å². The summed E-state index contributed by atoms with van der Waals surface area (Å²) in [6, 6.07) is 14.9. The number of piperazine rings is 1. The van der Waals surface area contributed by atoms with Crippen molar-refractivity contribution in [1.29, 1.82) is 0 Å². The van der Waals surface area contributed by atoms with Crippen LogP contribution in [0.15, 0.2) is 48.7 Å². The number of ether oxygens (including phenoxy) is 2. The third-order valence-electron chi connectivity index (χ3n) is 9.88. The number of nitrogens with one attached hydrogen (secondary N) is 3. The maximum atomic E-state index is 13.2. The summed E-state index contributed by atoms with van der Waals surface area (Å²) in [4.78, 5) is 23.3. The molecule has 2 aromatic heterocycles. The molecule has 3 N–H and O–H groups in total. The minimum atomic E-state index is -0.231. The number of methoxy groups -OCH3 is 1. The number of likely N-dealkylation sites (N-methyl/N-ethyl adjacent to an activating group) is 1. The summed E-state index contributed by atoms with van der Waals surface area (Å²) < 4.78 is 13.3. The fraction of sp³-hybridized carbons (Fsp3) is 0.500. The number of hydrogen-bond donors (Lipinski definition) is 3. The molecule has 2 aliphatic heterocycles. The van der Waals surface area contributed by atoms with Gasteiger partial charge < -0.3 is 30.3 Å². The Bertz CT molecular complexity index is 1710. The number of anilines is 1. The fourth-order valence-corrected chi connectivity index (χ4v) is 6.96. The van der Waals surface area contributed by atoms with E-state index >= 15 is 0 Å². The number of carbonyl (C=O) groups excluding carboxylic acids is 1. The van der Waals surface area contributed by atoms with E-state index in [0.29, 0.717) is 19.1 Å². The molecule has 2 amide bonds. The Labute approximate surface area is 290 Å². The molecule has 0 atom stereocenters. The number of amides is 2. The molecular formula is C38H52N8O3. The molecule has 11 heteroatoms. The summed E-state index contributed by atoms with van der Waals surface area (Å²) in [6.07, 6.45) is 4.51. The summed E-state index contributed by atoms with van der Waals surface area (Å²) in [5.41, 5.74) is 8.27. The van der Waals surface area contributed by atoms with Crippen LogP contribution < -0.4 is 20.7 Å². The lowest BCUT2D eigenvalue weighted by Gasteiger charge is -2.34. The number of nitrogens with zero attached hydrogens (tertiary/aromatic N) is 5. The van der Waals surface area contributed by atoms with Gasteiger partial charge in [0.15, 0.2) is 5.65 Å². The molecule has 0 unspecified atom stereocenters. The average Bonchev–Trinajstić information content (AvgIpc) is 3.57. The van der Waals surface area contributed by atoms with Gasteiger partial charge in [-0.15, -0.1) is 0 Å². The van der Waals surface area contributed by atoms with Gasteiger partial charge in [-0.2, -0.15) is 5.10 Å². The molecule has 2 saturated heterocycles. The smallest absolute Gasteiger partial charge is 0.315 e. The molecule has 0 radical (unpaired) electrons. The number of urea groups is 1. The quantitative estimate of drug-likeness (QED) is 0.174. The van der Waals surface area contributed by atoms with Crippen LogP contribution >= 0.6 is 0 Å². The molecule has 49 heavy (non-hydrogen) atoms. The highest BCUT2D eigenvalue weighted by molar-refractivity contribution is 5.92. The number of aryl methyl sites for hydroxylation is 2. The zero-order valence-electron chi connectivity index (χ0n) is 29.6. The van der Waals surface area contributed by atoms with Gasteiger partial charge in [0.05, 0.1) is 24.4 Å². The molecule has 0 saturated carbocycles. The van der Waals surface area contributed by atoms with Gasteiger partial charge in [0.1, 0.15) is 5.75 Å². The second-order valence-electron chi connectivity index (χ2n) is 13.0. The minimum absolute atomic E-state index is 0.231. The van der Waals surface area contributed by atoms with Crippen LogP contribution in [0, 0.1) is 0 Å². The standard InChI is InChI=1S/C38H52N8O3/c1-5-34-32(36(42-30-13-19-49-20-14-30)33-25-41-46(7-3)37(33)43-34)24-40-38(47)39-23-27-11-12-35(48-4)31(22-27)29-10-8-9-28(21-29)26-45-17-15-44(6-2)16-18-45/h8-12,21-22,25,30H,5-7,13-20,23-24,26H2,1-4H3,(H,42,43)(H2,39,40,47). The summed E-state index contributed by atoms with van der Waals surface area (Å²) in [5, 5.41) is 15.6. The van der Waals surface area contributed by atoms with Crippen LogP contribution in [0.1, 0.15) is 56.0 Å². The molecule has 4 aromatic rings. The Morgan fingerprint density at radius 3 is 2.45 bits per heavy atom. The Kier molecular flexibility index (Phi) is 11.7. The topological polar surface area (TPSA) is 109 Å². The van der Waals surface area contributed by atoms with E-state index in [9.17, 15) is 4.79 Å². The fourth-order valence-electron chi connectivity index (χ4n) is 6.96. The molecule has 262 valence electrons. The van der Waals surface area contributed by atoms with Crippen molar-refractivity contribution in [3.05, 3.63) is 71.0 Å². The van der Waals surface area contributed by atoms with Crippen molar-refractivity contribution in [2.24, 2.45) is 0 Å². The number of rotatable bonds is 13.